The standard InChI is InChI=1S/C14H15N3O2/c1-2-8-17-11(13(15)18)9-16-12(14(17)19)10-6-4-3-5-7-10/h3-7,9H,2,8H2,1H3,(H2,15,18). The number of hydrogen-bond donors (Lipinski definition) is 1. The van der Waals surface area contributed by atoms with Gasteiger partial charge in [-0.1, -0.05) is 37.3 Å². The Labute approximate surface area is 110 Å². The number of benzene rings is 1. The second kappa shape index (κ2) is 5.48. The van der Waals surface area contributed by atoms with Gasteiger partial charge in [-0.25, -0.2) is 4.98 Å². The molecule has 0 aliphatic rings. The monoisotopic (exact) mass is 257 g/mol. The Morgan fingerprint density at radius 2 is 2.00 bits per heavy atom. The van der Waals surface area contributed by atoms with Gasteiger partial charge in [0, 0.05) is 12.1 Å². The summed E-state index contributed by atoms with van der Waals surface area (Å²) in [5, 5.41) is 0. The molecule has 0 spiro atoms. The number of aromatic nitrogens is 2. The number of rotatable bonds is 4. The number of carbonyl (C=O) groups is 1. The molecule has 0 saturated carbocycles. The molecule has 2 N–H and O–H groups in total. The zero-order valence-electron chi connectivity index (χ0n) is 10.7. The second-order valence-electron chi connectivity index (χ2n) is 4.18. The molecule has 2 aromatic rings. The first-order valence-electron chi connectivity index (χ1n) is 6.10. The average Bonchev–Trinajstić information content (AvgIpc) is 2.42. The van der Waals surface area contributed by atoms with Gasteiger partial charge in [0.05, 0.1) is 6.20 Å². The predicted molar refractivity (Wildman–Crippen MR) is 72.7 cm³/mol. The highest BCUT2D eigenvalue weighted by atomic mass is 16.2. The van der Waals surface area contributed by atoms with Crippen LogP contribution in [0.4, 0.5) is 0 Å². The molecule has 0 fully saturated rings. The Morgan fingerprint density at radius 1 is 1.32 bits per heavy atom. The van der Waals surface area contributed by atoms with Crippen molar-refractivity contribution in [3.05, 3.63) is 52.6 Å². The molecule has 98 valence electrons. The molecular weight excluding hydrogens is 242 g/mol. The van der Waals surface area contributed by atoms with Crippen molar-refractivity contribution in [2.24, 2.45) is 5.73 Å². The Balaban J connectivity index is 2.64. The quantitative estimate of drug-likeness (QED) is 0.899. The van der Waals surface area contributed by atoms with Crippen LogP contribution in [0, 0.1) is 0 Å². The van der Waals surface area contributed by atoms with Gasteiger partial charge in [-0.05, 0) is 6.42 Å². The van der Waals surface area contributed by atoms with Crippen LogP contribution in [0.15, 0.2) is 41.3 Å². The molecule has 1 amide bonds. The zero-order valence-corrected chi connectivity index (χ0v) is 10.7. The summed E-state index contributed by atoms with van der Waals surface area (Å²) in [6, 6.07) is 9.16. The van der Waals surface area contributed by atoms with E-state index >= 15 is 0 Å². The Kier molecular flexibility index (Phi) is 3.75. The number of nitrogens with two attached hydrogens (primary N) is 1. The van der Waals surface area contributed by atoms with E-state index in [-0.39, 0.29) is 11.3 Å². The lowest BCUT2D eigenvalue weighted by Gasteiger charge is -2.10. The fraction of sp³-hybridized carbons (Fsp3) is 0.214. The van der Waals surface area contributed by atoms with Crippen molar-refractivity contribution in [2.45, 2.75) is 19.9 Å². The summed E-state index contributed by atoms with van der Waals surface area (Å²) in [6.45, 7) is 2.37. The van der Waals surface area contributed by atoms with E-state index in [4.69, 9.17) is 5.73 Å². The fourth-order valence-electron chi connectivity index (χ4n) is 1.92. The van der Waals surface area contributed by atoms with E-state index in [1.165, 1.54) is 10.8 Å². The lowest BCUT2D eigenvalue weighted by molar-refractivity contribution is 0.0989. The van der Waals surface area contributed by atoms with E-state index in [1.54, 1.807) is 0 Å². The average molecular weight is 257 g/mol. The van der Waals surface area contributed by atoms with Gasteiger partial charge >= 0.3 is 0 Å². The lowest BCUT2D eigenvalue weighted by atomic mass is 10.1. The van der Waals surface area contributed by atoms with Crippen molar-refractivity contribution in [3.63, 3.8) is 0 Å². The van der Waals surface area contributed by atoms with Crippen LogP contribution in [-0.2, 0) is 6.54 Å². The minimum atomic E-state index is -0.641. The molecule has 0 bridgehead atoms. The first-order chi connectivity index (χ1) is 9.15. The van der Waals surface area contributed by atoms with Crippen LogP contribution >= 0.6 is 0 Å². The number of amides is 1. The van der Waals surface area contributed by atoms with E-state index in [1.807, 2.05) is 37.3 Å². The van der Waals surface area contributed by atoms with Crippen molar-refractivity contribution >= 4 is 5.91 Å². The van der Waals surface area contributed by atoms with Gasteiger partial charge in [-0.2, -0.15) is 0 Å². The highest BCUT2D eigenvalue weighted by Crippen LogP contribution is 2.12. The Bertz CT molecular complexity index is 647. The van der Waals surface area contributed by atoms with Crippen LogP contribution in [0.25, 0.3) is 11.3 Å². The van der Waals surface area contributed by atoms with Crippen LogP contribution in [0.1, 0.15) is 23.8 Å². The van der Waals surface area contributed by atoms with Crippen molar-refractivity contribution in [3.8, 4) is 11.3 Å². The van der Waals surface area contributed by atoms with Gasteiger partial charge in [0.1, 0.15) is 11.4 Å². The first kappa shape index (κ1) is 13.0. The molecule has 5 nitrogen and oxygen atoms in total. The maximum Gasteiger partial charge on any atom is 0.277 e. The van der Waals surface area contributed by atoms with Crippen LogP contribution in [0.2, 0.25) is 0 Å². The summed E-state index contributed by atoms with van der Waals surface area (Å²) < 4.78 is 1.39. The molecule has 0 saturated heterocycles. The smallest absolute Gasteiger partial charge is 0.277 e. The van der Waals surface area contributed by atoms with E-state index in [9.17, 15) is 9.59 Å². The minimum absolute atomic E-state index is 0.145. The molecule has 0 aliphatic carbocycles. The summed E-state index contributed by atoms with van der Waals surface area (Å²) in [6.07, 6.45) is 2.10. The molecule has 0 unspecified atom stereocenters. The minimum Gasteiger partial charge on any atom is -0.364 e. The van der Waals surface area contributed by atoms with Crippen molar-refractivity contribution in [1.29, 1.82) is 0 Å². The molecule has 2 rings (SSSR count). The van der Waals surface area contributed by atoms with Crippen molar-refractivity contribution < 1.29 is 4.79 Å². The molecule has 5 heteroatoms. The Hall–Kier alpha value is -2.43. The van der Waals surface area contributed by atoms with E-state index in [2.05, 4.69) is 4.98 Å². The van der Waals surface area contributed by atoms with Crippen LogP contribution < -0.4 is 11.3 Å². The second-order valence-corrected chi connectivity index (χ2v) is 4.18. The molecule has 1 heterocycles. The predicted octanol–water partition coefficient (Wildman–Crippen LogP) is 1.42. The molecule has 1 aromatic carbocycles. The van der Waals surface area contributed by atoms with Gasteiger partial charge < -0.3 is 10.3 Å². The summed E-state index contributed by atoms with van der Waals surface area (Å²) in [4.78, 5) is 27.8. The largest absolute Gasteiger partial charge is 0.364 e. The van der Waals surface area contributed by atoms with Crippen molar-refractivity contribution in [2.75, 3.05) is 0 Å². The molecular formula is C14H15N3O2. The zero-order chi connectivity index (χ0) is 13.8. The topological polar surface area (TPSA) is 78.0 Å². The third kappa shape index (κ3) is 2.54. The summed E-state index contributed by atoms with van der Waals surface area (Å²) in [5.41, 5.74) is 6.18. The van der Waals surface area contributed by atoms with E-state index in [0.717, 1.165) is 12.0 Å². The van der Waals surface area contributed by atoms with Crippen LogP contribution in [0.5, 0.6) is 0 Å². The normalized spacial score (nSPS) is 10.4. The molecule has 0 aliphatic heterocycles. The maximum atomic E-state index is 12.4. The number of carbonyl (C=O) groups excluding carboxylic acids is 1. The van der Waals surface area contributed by atoms with Gasteiger partial charge in [0.25, 0.3) is 11.5 Å². The number of nitrogens with zero attached hydrogens (tertiary/aromatic N) is 2. The molecule has 0 radical (unpaired) electrons. The maximum absolute atomic E-state index is 12.4. The van der Waals surface area contributed by atoms with Gasteiger partial charge in [0.2, 0.25) is 0 Å². The van der Waals surface area contributed by atoms with E-state index in [0.29, 0.717) is 12.2 Å². The lowest BCUT2D eigenvalue weighted by Crippen LogP contribution is -2.30. The highest BCUT2D eigenvalue weighted by Gasteiger charge is 2.14. The third-order valence-electron chi connectivity index (χ3n) is 2.80. The van der Waals surface area contributed by atoms with Crippen LogP contribution in [-0.4, -0.2) is 15.5 Å². The third-order valence-corrected chi connectivity index (χ3v) is 2.80. The molecule has 1 aromatic heterocycles. The van der Waals surface area contributed by atoms with Gasteiger partial charge in [-0.3, -0.25) is 9.59 Å². The molecule has 0 atom stereocenters. The summed E-state index contributed by atoms with van der Waals surface area (Å²) in [7, 11) is 0. The van der Waals surface area contributed by atoms with Gasteiger partial charge in [0.15, 0.2) is 0 Å². The molecule has 19 heavy (non-hydrogen) atoms. The summed E-state index contributed by atoms with van der Waals surface area (Å²) in [5.74, 6) is -0.641. The SMILES string of the molecule is CCCn1c(C(N)=O)cnc(-c2ccccc2)c1=O. The summed E-state index contributed by atoms with van der Waals surface area (Å²) >= 11 is 0. The fourth-order valence-corrected chi connectivity index (χ4v) is 1.92. The van der Waals surface area contributed by atoms with Crippen molar-refractivity contribution in [1.82, 2.24) is 9.55 Å². The first-order valence-corrected chi connectivity index (χ1v) is 6.10. The number of primary amides is 1. The Morgan fingerprint density at radius 3 is 2.58 bits per heavy atom. The van der Waals surface area contributed by atoms with Gasteiger partial charge in [-0.15, -0.1) is 0 Å². The number of hydrogen-bond acceptors (Lipinski definition) is 3. The van der Waals surface area contributed by atoms with E-state index < -0.39 is 5.91 Å². The highest BCUT2D eigenvalue weighted by molar-refractivity contribution is 5.90. The van der Waals surface area contributed by atoms with Crippen LogP contribution in [0.3, 0.4) is 0 Å².